The van der Waals surface area contributed by atoms with Gasteiger partial charge in [0, 0.05) is 50.6 Å². The fourth-order valence-electron chi connectivity index (χ4n) is 6.62. The number of hydrogen-bond acceptors (Lipinski definition) is 1. The Bertz CT molecular complexity index is 2360. The van der Waals surface area contributed by atoms with E-state index >= 15 is 0 Å². The van der Waals surface area contributed by atoms with Crippen LogP contribution in [-0.2, 0) is 0 Å². The first-order chi connectivity index (χ1) is 19.9. The zero-order chi connectivity index (χ0) is 26.2. The zero-order valence-corrected chi connectivity index (χ0v) is 21.6. The van der Waals surface area contributed by atoms with Gasteiger partial charge in [-0.1, -0.05) is 97.1 Å². The average molecular weight is 510 g/mol. The van der Waals surface area contributed by atoms with Crippen molar-refractivity contribution in [3.05, 3.63) is 140 Å². The topological polar surface area (TPSA) is 22.8 Å². The Hall–Kier alpha value is -5.41. The molecule has 40 heavy (non-hydrogen) atoms. The van der Waals surface area contributed by atoms with Crippen LogP contribution in [0.15, 0.2) is 140 Å². The Balaban J connectivity index is 1.42. The van der Waals surface area contributed by atoms with E-state index < -0.39 is 0 Å². The highest BCUT2D eigenvalue weighted by Gasteiger charge is 2.22. The predicted molar refractivity (Wildman–Crippen MR) is 167 cm³/mol. The van der Waals surface area contributed by atoms with E-state index in [4.69, 9.17) is 4.98 Å². The van der Waals surface area contributed by atoms with Crippen molar-refractivity contribution in [1.29, 1.82) is 0 Å². The van der Waals surface area contributed by atoms with Gasteiger partial charge in [-0.05, 0) is 46.7 Å². The fourth-order valence-corrected chi connectivity index (χ4v) is 6.62. The number of rotatable bonds is 3. The molecule has 186 valence electrons. The summed E-state index contributed by atoms with van der Waals surface area (Å²) in [6.07, 6.45) is 4.23. The molecule has 0 amide bonds. The van der Waals surface area contributed by atoms with Crippen molar-refractivity contribution in [3.8, 4) is 22.6 Å². The highest BCUT2D eigenvalue weighted by molar-refractivity contribution is 6.29. The maximum atomic E-state index is 5.18. The van der Waals surface area contributed by atoms with Crippen molar-refractivity contribution in [1.82, 2.24) is 14.1 Å². The quantitative estimate of drug-likeness (QED) is 0.217. The van der Waals surface area contributed by atoms with Gasteiger partial charge in [0.05, 0.1) is 16.6 Å². The second-order valence-corrected chi connectivity index (χ2v) is 10.5. The van der Waals surface area contributed by atoms with E-state index in [1.165, 1.54) is 60.1 Å². The summed E-state index contributed by atoms with van der Waals surface area (Å²) in [6, 6.07) is 45.5. The summed E-state index contributed by atoms with van der Waals surface area (Å²) in [7, 11) is 0. The second-order valence-electron chi connectivity index (χ2n) is 10.5. The molecule has 3 nitrogen and oxygen atoms in total. The molecule has 0 spiro atoms. The van der Waals surface area contributed by atoms with Crippen LogP contribution < -0.4 is 0 Å². The average Bonchev–Trinajstić information content (AvgIpc) is 3.60. The summed E-state index contributed by atoms with van der Waals surface area (Å²) >= 11 is 0. The summed E-state index contributed by atoms with van der Waals surface area (Å²) in [5.41, 5.74) is 7.10. The normalized spacial score (nSPS) is 12.0. The van der Waals surface area contributed by atoms with Crippen LogP contribution in [-0.4, -0.2) is 14.1 Å². The first kappa shape index (κ1) is 21.5. The molecule has 3 heteroatoms. The van der Waals surface area contributed by atoms with Gasteiger partial charge in [0.15, 0.2) is 0 Å². The van der Waals surface area contributed by atoms with Crippen molar-refractivity contribution < 1.29 is 0 Å². The lowest BCUT2D eigenvalue weighted by molar-refractivity contribution is 1.10. The lowest BCUT2D eigenvalue weighted by Crippen LogP contribution is -2.00. The van der Waals surface area contributed by atoms with E-state index in [-0.39, 0.29) is 0 Å². The number of nitrogens with zero attached hydrogens (tertiary/aromatic N) is 3. The molecule has 0 atom stereocenters. The van der Waals surface area contributed by atoms with E-state index in [2.05, 4.69) is 143 Å². The monoisotopic (exact) mass is 509 g/mol. The SMILES string of the molecule is c1ccc(-c2cnc(-n3c4cccc5ccc6c(c54)c3cc3ccn(-c4ccccc4)c36)c3ccccc23)cc1. The molecule has 0 unspecified atom stereocenters. The van der Waals surface area contributed by atoms with Crippen LogP contribution in [0.25, 0.3) is 76.9 Å². The molecule has 3 aromatic heterocycles. The third kappa shape index (κ3) is 2.86. The number of fused-ring (bicyclic) bond motifs is 3. The number of aromatic nitrogens is 3. The molecule has 9 aromatic rings. The lowest BCUT2D eigenvalue weighted by atomic mass is 10.00. The Labute approximate surface area is 230 Å². The molecule has 0 N–H and O–H groups in total. The first-order valence-corrected chi connectivity index (χ1v) is 13.6. The number of hydrogen-bond donors (Lipinski definition) is 0. The van der Waals surface area contributed by atoms with Crippen LogP contribution >= 0.6 is 0 Å². The summed E-state index contributed by atoms with van der Waals surface area (Å²) < 4.78 is 4.69. The van der Waals surface area contributed by atoms with Crippen LogP contribution in [0.2, 0.25) is 0 Å². The van der Waals surface area contributed by atoms with Crippen molar-refractivity contribution in [2.75, 3.05) is 0 Å². The molecule has 9 rings (SSSR count). The summed E-state index contributed by atoms with van der Waals surface area (Å²) in [6.45, 7) is 0. The van der Waals surface area contributed by atoms with Gasteiger partial charge in [0.25, 0.3) is 0 Å². The first-order valence-electron chi connectivity index (χ1n) is 13.6. The third-order valence-corrected chi connectivity index (χ3v) is 8.33. The van der Waals surface area contributed by atoms with Crippen LogP contribution in [0, 0.1) is 0 Å². The van der Waals surface area contributed by atoms with Gasteiger partial charge in [0.2, 0.25) is 0 Å². The summed E-state index contributed by atoms with van der Waals surface area (Å²) in [5.74, 6) is 0.960. The van der Waals surface area contributed by atoms with Crippen molar-refractivity contribution >= 4 is 54.3 Å². The van der Waals surface area contributed by atoms with Gasteiger partial charge in [0.1, 0.15) is 5.82 Å². The molecule has 0 bridgehead atoms. The summed E-state index contributed by atoms with van der Waals surface area (Å²) in [5, 5.41) is 8.64. The van der Waals surface area contributed by atoms with Gasteiger partial charge < -0.3 is 4.57 Å². The van der Waals surface area contributed by atoms with E-state index in [0.29, 0.717) is 0 Å². The van der Waals surface area contributed by atoms with Crippen molar-refractivity contribution in [3.63, 3.8) is 0 Å². The maximum absolute atomic E-state index is 5.18. The Morgan fingerprint density at radius 2 is 1.30 bits per heavy atom. The van der Waals surface area contributed by atoms with Gasteiger partial charge in [-0.25, -0.2) is 4.98 Å². The molecule has 6 aromatic carbocycles. The largest absolute Gasteiger partial charge is 0.316 e. The summed E-state index contributed by atoms with van der Waals surface area (Å²) in [4.78, 5) is 5.18. The molecule has 0 fully saturated rings. The molecule has 0 radical (unpaired) electrons. The highest BCUT2D eigenvalue weighted by atomic mass is 15.1. The van der Waals surface area contributed by atoms with Crippen molar-refractivity contribution in [2.45, 2.75) is 0 Å². The minimum absolute atomic E-state index is 0.960. The Morgan fingerprint density at radius 3 is 2.15 bits per heavy atom. The molecule has 0 saturated carbocycles. The van der Waals surface area contributed by atoms with Crippen LogP contribution in [0.1, 0.15) is 0 Å². The zero-order valence-electron chi connectivity index (χ0n) is 21.6. The predicted octanol–water partition coefficient (Wildman–Crippen LogP) is 9.53. The van der Waals surface area contributed by atoms with Crippen LogP contribution in [0.3, 0.4) is 0 Å². The minimum Gasteiger partial charge on any atom is -0.316 e. The Morgan fingerprint density at radius 1 is 0.525 bits per heavy atom. The molecular weight excluding hydrogens is 486 g/mol. The van der Waals surface area contributed by atoms with E-state index in [9.17, 15) is 0 Å². The van der Waals surface area contributed by atoms with Crippen molar-refractivity contribution in [2.24, 2.45) is 0 Å². The molecule has 0 aliphatic heterocycles. The minimum atomic E-state index is 0.960. The highest BCUT2D eigenvalue weighted by Crippen LogP contribution is 2.43. The van der Waals surface area contributed by atoms with Gasteiger partial charge in [-0.15, -0.1) is 0 Å². The van der Waals surface area contributed by atoms with Gasteiger partial charge >= 0.3 is 0 Å². The standard InChI is InChI=1S/C37H23N3/c1-3-10-24(11-4-1)31-23-38-37(29-16-8-7-15-28(29)31)40-32-17-9-12-25-18-19-30-35(34(25)32)33(40)22-26-20-21-39(36(26)30)27-13-5-2-6-14-27/h1-23H. The van der Waals surface area contributed by atoms with E-state index in [0.717, 1.165) is 16.8 Å². The molecule has 0 saturated heterocycles. The number of pyridine rings is 1. The number of benzene rings is 6. The van der Waals surface area contributed by atoms with Gasteiger partial charge in [-0.3, -0.25) is 4.57 Å². The third-order valence-electron chi connectivity index (χ3n) is 8.33. The Kier molecular flexibility index (Phi) is 4.33. The molecule has 3 heterocycles. The molecule has 0 aliphatic rings. The van der Waals surface area contributed by atoms with Crippen LogP contribution in [0.4, 0.5) is 0 Å². The molecule has 0 aliphatic carbocycles. The molecular formula is C37H23N3. The van der Waals surface area contributed by atoms with E-state index in [1.807, 2.05) is 6.20 Å². The van der Waals surface area contributed by atoms with E-state index in [1.54, 1.807) is 0 Å². The second kappa shape index (κ2) is 8.05. The fraction of sp³-hybridized carbons (Fsp3) is 0. The lowest BCUT2D eigenvalue weighted by Gasteiger charge is -2.14. The number of para-hydroxylation sites is 1. The van der Waals surface area contributed by atoms with Gasteiger partial charge in [-0.2, -0.15) is 0 Å². The van der Waals surface area contributed by atoms with Crippen LogP contribution in [0.5, 0.6) is 0 Å². The maximum Gasteiger partial charge on any atom is 0.145 e. The smallest absolute Gasteiger partial charge is 0.145 e.